The van der Waals surface area contributed by atoms with Gasteiger partial charge in [-0.2, -0.15) is 0 Å². The highest BCUT2D eigenvalue weighted by Gasteiger charge is 2.19. The van der Waals surface area contributed by atoms with E-state index >= 15 is 0 Å². The van der Waals surface area contributed by atoms with E-state index in [0.29, 0.717) is 5.92 Å². The molecule has 1 aromatic rings. The van der Waals surface area contributed by atoms with Crippen LogP contribution in [0.15, 0.2) is 6.33 Å². The van der Waals surface area contributed by atoms with Gasteiger partial charge in [0, 0.05) is 12.5 Å². The molecule has 1 aliphatic heterocycles. The van der Waals surface area contributed by atoms with Gasteiger partial charge in [-0.3, -0.25) is 0 Å². The van der Waals surface area contributed by atoms with Crippen LogP contribution in [-0.2, 0) is 6.54 Å². The predicted octanol–water partition coefficient (Wildman–Crippen LogP) is 0.785. The smallest absolute Gasteiger partial charge is 0.135 e. The third-order valence-electron chi connectivity index (χ3n) is 1.89. The molecular weight excluding hydrogens is 114 g/mol. The average Bonchev–Trinajstić information content (AvgIpc) is 2.35. The minimum Gasteiger partial charge on any atom is -0.317 e. The Hall–Kier alpha value is -0.860. The lowest BCUT2D eigenvalue weighted by atomic mass is 10.1. The first kappa shape index (κ1) is 4.97. The van der Waals surface area contributed by atoms with Crippen molar-refractivity contribution in [1.82, 2.24) is 14.8 Å². The summed E-state index contributed by atoms with van der Waals surface area (Å²) in [4.78, 5) is 0. The number of aromatic nitrogens is 3. The molecule has 0 unspecified atom stereocenters. The van der Waals surface area contributed by atoms with Gasteiger partial charge >= 0.3 is 0 Å². The molecule has 1 atom stereocenters. The first-order chi connectivity index (χ1) is 4.38. The summed E-state index contributed by atoms with van der Waals surface area (Å²) < 4.78 is 2.12. The van der Waals surface area contributed by atoms with E-state index in [4.69, 9.17) is 0 Å². The van der Waals surface area contributed by atoms with Crippen molar-refractivity contribution in [3.05, 3.63) is 12.2 Å². The number of nitrogens with zero attached hydrogens (tertiary/aromatic N) is 3. The van der Waals surface area contributed by atoms with E-state index in [-0.39, 0.29) is 0 Å². The van der Waals surface area contributed by atoms with Gasteiger partial charge in [0.15, 0.2) is 0 Å². The molecule has 2 heterocycles. The Labute approximate surface area is 53.7 Å². The Morgan fingerprint density at radius 1 is 1.78 bits per heavy atom. The number of fused-ring (bicyclic) bond motifs is 1. The Kier molecular flexibility index (Phi) is 0.860. The first-order valence-electron chi connectivity index (χ1n) is 3.25. The summed E-state index contributed by atoms with van der Waals surface area (Å²) >= 11 is 0. The van der Waals surface area contributed by atoms with Crippen LogP contribution < -0.4 is 0 Å². The van der Waals surface area contributed by atoms with Gasteiger partial charge in [-0.25, -0.2) is 0 Å². The van der Waals surface area contributed by atoms with Crippen molar-refractivity contribution in [2.75, 3.05) is 0 Å². The number of rotatable bonds is 0. The topological polar surface area (TPSA) is 30.7 Å². The van der Waals surface area contributed by atoms with Crippen LogP contribution >= 0.6 is 0 Å². The standard InChI is InChI=1S/C6H9N3/c1-5-2-3-9-4-7-8-6(5)9/h4-5H,2-3H2,1H3/t5-/m0/s1. The Balaban J connectivity index is 2.49. The zero-order valence-electron chi connectivity index (χ0n) is 5.41. The van der Waals surface area contributed by atoms with Gasteiger partial charge in [0.2, 0.25) is 0 Å². The molecule has 0 bridgehead atoms. The predicted molar refractivity (Wildman–Crippen MR) is 33.1 cm³/mol. The van der Waals surface area contributed by atoms with Gasteiger partial charge in [-0.1, -0.05) is 6.92 Å². The van der Waals surface area contributed by atoms with Gasteiger partial charge in [0.05, 0.1) is 0 Å². The van der Waals surface area contributed by atoms with Gasteiger partial charge in [0.25, 0.3) is 0 Å². The quantitative estimate of drug-likeness (QED) is 0.510. The maximum atomic E-state index is 3.99. The number of hydrogen-bond donors (Lipinski definition) is 0. The van der Waals surface area contributed by atoms with Crippen LogP contribution in [0, 0.1) is 0 Å². The molecule has 0 radical (unpaired) electrons. The van der Waals surface area contributed by atoms with Gasteiger partial charge in [0.1, 0.15) is 12.2 Å². The molecular formula is C6H9N3. The van der Waals surface area contributed by atoms with Gasteiger partial charge in [-0.05, 0) is 6.42 Å². The van der Waals surface area contributed by atoms with E-state index in [1.807, 2.05) is 0 Å². The van der Waals surface area contributed by atoms with E-state index in [2.05, 4.69) is 21.7 Å². The second-order valence-corrected chi connectivity index (χ2v) is 2.57. The fraction of sp³-hybridized carbons (Fsp3) is 0.667. The normalized spacial score (nSPS) is 24.3. The monoisotopic (exact) mass is 123 g/mol. The van der Waals surface area contributed by atoms with Crippen LogP contribution in [0.5, 0.6) is 0 Å². The molecule has 0 amide bonds. The Bertz CT molecular complexity index is 216. The molecule has 0 fully saturated rings. The summed E-state index contributed by atoms with van der Waals surface area (Å²) in [5.41, 5.74) is 0. The van der Waals surface area contributed by atoms with Crippen molar-refractivity contribution in [2.24, 2.45) is 0 Å². The van der Waals surface area contributed by atoms with E-state index < -0.39 is 0 Å². The second-order valence-electron chi connectivity index (χ2n) is 2.57. The van der Waals surface area contributed by atoms with E-state index in [9.17, 15) is 0 Å². The second kappa shape index (κ2) is 1.56. The zero-order valence-corrected chi connectivity index (χ0v) is 5.41. The SMILES string of the molecule is C[C@H]1CCn2cnnc21. The maximum absolute atomic E-state index is 3.99. The molecule has 48 valence electrons. The summed E-state index contributed by atoms with van der Waals surface area (Å²) in [6.07, 6.45) is 3.03. The van der Waals surface area contributed by atoms with Crippen molar-refractivity contribution in [3.8, 4) is 0 Å². The van der Waals surface area contributed by atoms with Crippen LogP contribution in [0.25, 0.3) is 0 Å². The lowest BCUT2D eigenvalue weighted by Gasteiger charge is -1.92. The van der Waals surface area contributed by atoms with Crippen molar-refractivity contribution >= 4 is 0 Å². The largest absolute Gasteiger partial charge is 0.317 e. The van der Waals surface area contributed by atoms with E-state index in [1.165, 1.54) is 6.42 Å². The maximum Gasteiger partial charge on any atom is 0.135 e. The molecule has 0 aromatic carbocycles. The minimum atomic E-state index is 0.618. The molecule has 0 saturated heterocycles. The minimum absolute atomic E-state index is 0.618. The highest BCUT2D eigenvalue weighted by Crippen LogP contribution is 2.23. The third-order valence-corrected chi connectivity index (χ3v) is 1.89. The highest BCUT2D eigenvalue weighted by molar-refractivity contribution is 4.99. The van der Waals surface area contributed by atoms with Gasteiger partial charge < -0.3 is 4.57 Å². The molecule has 0 N–H and O–H groups in total. The Morgan fingerprint density at radius 2 is 2.67 bits per heavy atom. The summed E-state index contributed by atoms with van der Waals surface area (Å²) in [5, 5.41) is 7.80. The molecule has 0 spiro atoms. The fourth-order valence-corrected chi connectivity index (χ4v) is 1.28. The van der Waals surface area contributed by atoms with Crippen molar-refractivity contribution in [1.29, 1.82) is 0 Å². The first-order valence-corrected chi connectivity index (χ1v) is 3.25. The molecule has 3 nitrogen and oxygen atoms in total. The zero-order chi connectivity index (χ0) is 6.27. The van der Waals surface area contributed by atoms with E-state index in [1.54, 1.807) is 6.33 Å². The van der Waals surface area contributed by atoms with Crippen molar-refractivity contribution < 1.29 is 0 Å². The Morgan fingerprint density at radius 3 is 3.44 bits per heavy atom. The average molecular weight is 123 g/mol. The van der Waals surface area contributed by atoms with Crippen LogP contribution in [-0.4, -0.2) is 14.8 Å². The lowest BCUT2D eigenvalue weighted by molar-refractivity contribution is 0.687. The molecule has 1 aromatic heterocycles. The third kappa shape index (κ3) is 0.573. The van der Waals surface area contributed by atoms with Crippen molar-refractivity contribution in [3.63, 3.8) is 0 Å². The van der Waals surface area contributed by atoms with Crippen LogP contribution in [0.3, 0.4) is 0 Å². The number of aryl methyl sites for hydroxylation is 1. The van der Waals surface area contributed by atoms with E-state index in [0.717, 1.165) is 12.4 Å². The molecule has 3 heteroatoms. The number of hydrogen-bond acceptors (Lipinski definition) is 2. The van der Waals surface area contributed by atoms with Crippen LogP contribution in [0.4, 0.5) is 0 Å². The fourth-order valence-electron chi connectivity index (χ4n) is 1.28. The molecule has 2 rings (SSSR count). The molecule has 0 aliphatic carbocycles. The van der Waals surface area contributed by atoms with Crippen molar-refractivity contribution in [2.45, 2.75) is 25.8 Å². The molecule has 9 heavy (non-hydrogen) atoms. The molecule has 1 aliphatic rings. The van der Waals surface area contributed by atoms with Crippen LogP contribution in [0.2, 0.25) is 0 Å². The summed E-state index contributed by atoms with van der Waals surface area (Å²) in [6, 6.07) is 0. The lowest BCUT2D eigenvalue weighted by Crippen LogP contribution is -1.90. The molecule has 0 saturated carbocycles. The summed E-state index contributed by atoms with van der Waals surface area (Å²) in [7, 11) is 0. The highest BCUT2D eigenvalue weighted by atomic mass is 15.3. The summed E-state index contributed by atoms with van der Waals surface area (Å²) in [5.74, 6) is 1.77. The van der Waals surface area contributed by atoms with Crippen LogP contribution in [0.1, 0.15) is 25.1 Å². The summed E-state index contributed by atoms with van der Waals surface area (Å²) in [6.45, 7) is 3.29. The van der Waals surface area contributed by atoms with Gasteiger partial charge in [-0.15, -0.1) is 10.2 Å².